The maximum absolute atomic E-state index is 10.3. The first kappa shape index (κ1) is 17.4. The normalized spacial score (nSPS) is 25.1. The number of β-amino-alcohol motifs (C(OH)–C–C–N with tert-alkyl or cyclic N) is 1. The summed E-state index contributed by atoms with van der Waals surface area (Å²) in [7, 11) is 0. The van der Waals surface area contributed by atoms with Gasteiger partial charge in [0.1, 0.15) is 0 Å². The fourth-order valence-electron chi connectivity index (χ4n) is 3.32. The van der Waals surface area contributed by atoms with E-state index >= 15 is 0 Å². The maximum Gasteiger partial charge on any atom is 0.150 e. The highest BCUT2D eigenvalue weighted by Gasteiger charge is 2.40. The second kappa shape index (κ2) is 6.63. The Hall–Kier alpha value is -1.00. The number of aliphatic hydroxyl groups is 1. The highest BCUT2D eigenvalue weighted by molar-refractivity contribution is 5.21. The SMILES string of the molecule is CC#CC(C)(C)N1CCC(CC#CC2(O)CN(C(C)C)C2)C1. The van der Waals surface area contributed by atoms with Crippen molar-refractivity contribution in [3.8, 4) is 23.7 Å². The minimum Gasteiger partial charge on any atom is -0.375 e. The monoisotopic (exact) mass is 302 g/mol. The van der Waals surface area contributed by atoms with Crippen molar-refractivity contribution in [2.45, 2.75) is 64.6 Å². The fourth-order valence-corrected chi connectivity index (χ4v) is 3.32. The third kappa shape index (κ3) is 4.05. The van der Waals surface area contributed by atoms with Crippen molar-refractivity contribution in [2.24, 2.45) is 5.92 Å². The highest BCUT2D eigenvalue weighted by Crippen LogP contribution is 2.27. The van der Waals surface area contributed by atoms with E-state index in [0.29, 0.717) is 25.0 Å². The van der Waals surface area contributed by atoms with E-state index in [0.717, 1.165) is 19.5 Å². The van der Waals surface area contributed by atoms with Crippen LogP contribution in [0, 0.1) is 29.6 Å². The molecule has 2 aliphatic rings. The molecule has 3 heteroatoms. The van der Waals surface area contributed by atoms with Crippen molar-refractivity contribution >= 4 is 0 Å². The number of rotatable bonds is 3. The van der Waals surface area contributed by atoms with Crippen LogP contribution in [0.3, 0.4) is 0 Å². The van der Waals surface area contributed by atoms with Crippen LogP contribution in [0.15, 0.2) is 0 Å². The molecule has 2 heterocycles. The summed E-state index contributed by atoms with van der Waals surface area (Å²) in [5.41, 5.74) is -0.809. The highest BCUT2D eigenvalue weighted by atomic mass is 16.3. The summed E-state index contributed by atoms with van der Waals surface area (Å²) in [5.74, 6) is 13.3. The van der Waals surface area contributed by atoms with Gasteiger partial charge in [-0.05, 0) is 53.5 Å². The molecule has 1 N–H and O–H groups in total. The van der Waals surface area contributed by atoms with Crippen molar-refractivity contribution in [1.82, 2.24) is 9.80 Å². The van der Waals surface area contributed by atoms with Crippen LogP contribution in [0.4, 0.5) is 0 Å². The largest absolute Gasteiger partial charge is 0.375 e. The van der Waals surface area contributed by atoms with E-state index in [1.54, 1.807) is 0 Å². The van der Waals surface area contributed by atoms with Gasteiger partial charge in [-0.25, -0.2) is 0 Å². The number of nitrogens with zero attached hydrogens (tertiary/aromatic N) is 2. The van der Waals surface area contributed by atoms with Crippen molar-refractivity contribution in [2.75, 3.05) is 26.2 Å². The zero-order valence-corrected chi connectivity index (χ0v) is 14.7. The summed E-state index contributed by atoms with van der Waals surface area (Å²) in [5, 5.41) is 10.3. The van der Waals surface area contributed by atoms with Gasteiger partial charge in [0.05, 0.1) is 5.54 Å². The topological polar surface area (TPSA) is 26.7 Å². The summed E-state index contributed by atoms with van der Waals surface area (Å²) in [6, 6.07) is 0.493. The molecule has 2 aliphatic heterocycles. The lowest BCUT2D eigenvalue weighted by Crippen LogP contribution is -2.62. The number of hydrogen-bond acceptors (Lipinski definition) is 3. The average Bonchev–Trinajstić information content (AvgIpc) is 2.85. The molecule has 0 saturated carbocycles. The van der Waals surface area contributed by atoms with E-state index in [1.807, 2.05) is 6.92 Å². The fraction of sp³-hybridized carbons (Fsp3) is 0.789. The Morgan fingerprint density at radius 3 is 2.59 bits per heavy atom. The predicted molar refractivity (Wildman–Crippen MR) is 91.3 cm³/mol. The first-order valence-corrected chi connectivity index (χ1v) is 8.41. The summed E-state index contributed by atoms with van der Waals surface area (Å²) in [6.07, 6.45) is 2.07. The van der Waals surface area contributed by atoms with Crippen molar-refractivity contribution < 1.29 is 5.11 Å². The lowest BCUT2D eigenvalue weighted by Gasteiger charge is -2.45. The molecule has 1 atom stereocenters. The van der Waals surface area contributed by atoms with Crippen molar-refractivity contribution in [3.05, 3.63) is 0 Å². The molecule has 0 aliphatic carbocycles. The summed E-state index contributed by atoms with van der Waals surface area (Å²) < 4.78 is 0. The lowest BCUT2D eigenvalue weighted by atomic mass is 9.92. The van der Waals surface area contributed by atoms with Gasteiger partial charge in [0, 0.05) is 32.1 Å². The Morgan fingerprint density at radius 1 is 1.32 bits per heavy atom. The minimum absolute atomic E-state index is 0.0408. The van der Waals surface area contributed by atoms with Crippen LogP contribution in [0.2, 0.25) is 0 Å². The van der Waals surface area contributed by atoms with E-state index in [9.17, 15) is 5.11 Å². The smallest absolute Gasteiger partial charge is 0.150 e. The average molecular weight is 302 g/mol. The molecular formula is C19H30N2O. The first-order valence-electron chi connectivity index (χ1n) is 8.41. The molecule has 1 unspecified atom stereocenters. The van der Waals surface area contributed by atoms with Gasteiger partial charge in [0.15, 0.2) is 5.60 Å². The lowest BCUT2D eigenvalue weighted by molar-refractivity contribution is -0.0678. The molecule has 22 heavy (non-hydrogen) atoms. The summed E-state index contributed by atoms with van der Waals surface area (Å²) >= 11 is 0. The third-order valence-electron chi connectivity index (χ3n) is 4.88. The van der Waals surface area contributed by atoms with Gasteiger partial charge in [-0.15, -0.1) is 5.92 Å². The third-order valence-corrected chi connectivity index (χ3v) is 4.88. The van der Waals surface area contributed by atoms with Gasteiger partial charge >= 0.3 is 0 Å². The molecule has 0 aromatic heterocycles. The molecule has 2 saturated heterocycles. The molecule has 0 bridgehead atoms. The Balaban J connectivity index is 1.80. The van der Waals surface area contributed by atoms with E-state index in [1.165, 1.54) is 6.42 Å². The second-order valence-electron chi connectivity index (χ2n) is 7.57. The molecule has 0 aromatic rings. The molecule has 122 valence electrons. The summed E-state index contributed by atoms with van der Waals surface area (Å²) in [4.78, 5) is 4.70. The van der Waals surface area contributed by atoms with Crippen LogP contribution >= 0.6 is 0 Å². The van der Waals surface area contributed by atoms with E-state index < -0.39 is 5.60 Å². The van der Waals surface area contributed by atoms with Gasteiger partial charge in [0.25, 0.3) is 0 Å². The molecule has 2 rings (SSSR count). The molecule has 0 amide bonds. The van der Waals surface area contributed by atoms with Gasteiger partial charge in [0.2, 0.25) is 0 Å². The Bertz CT molecular complexity index is 509. The van der Waals surface area contributed by atoms with Crippen LogP contribution < -0.4 is 0 Å². The number of likely N-dealkylation sites (tertiary alicyclic amines) is 2. The molecular weight excluding hydrogens is 272 g/mol. The van der Waals surface area contributed by atoms with Gasteiger partial charge < -0.3 is 5.11 Å². The zero-order valence-electron chi connectivity index (χ0n) is 14.7. The van der Waals surface area contributed by atoms with E-state index in [4.69, 9.17) is 0 Å². The number of hydrogen-bond donors (Lipinski definition) is 1. The zero-order chi connectivity index (χ0) is 16.4. The maximum atomic E-state index is 10.3. The minimum atomic E-state index is -0.768. The van der Waals surface area contributed by atoms with Crippen molar-refractivity contribution in [3.63, 3.8) is 0 Å². The molecule has 3 nitrogen and oxygen atoms in total. The van der Waals surface area contributed by atoms with Gasteiger partial charge in [-0.2, -0.15) is 0 Å². The van der Waals surface area contributed by atoms with Crippen LogP contribution in [0.5, 0.6) is 0 Å². The van der Waals surface area contributed by atoms with Crippen LogP contribution in [0.25, 0.3) is 0 Å². The van der Waals surface area contributed by atoms with E-state index in [2.05, 4.69) is 61.2 Å². The molecule has 0 aromatic carbocycles. The van der Waals surface area contributed by atoms with Gasteiger partial charge in [-0.1, -0.05) is 17.8 Å². The molecule has 0 radical (unpaired) electrons. The molecule has 0 spiro atoms. The van der Waals surface area contributed by atoms with Crippen LogP contribution in [-0.4, -0.2) is 58.3 Å². The molecule has 2 fully saturated rings. The second-order valence-corrected chi connectivity index (χ2v) is 7.57. The Morgan fingerprint density at radius 2 is 2.00 bits per heavy atom. The van der Waals surface area contributed by atoms with Crippen LogP contribution in [0.1, 0.15) is 47.5 Å². The Kier molecular flexibility index (Phi) is 5.23. The quantitative estimate of drug-likeness (QED) is 0.807. The Labute approximate surface area is 136 Å². The van der Waals surface area contributed by atoms with Crippen molar-refractivity contribution in [1.29, 1.82) is 0 Å². The first-order chi connectivity index (χ1) is 10.3. The predicted octanol–water partition coefficient (Wildman–Crippen LogP) is 1.96. The van der Waals surface area contributed by atoms with Crippen LogP contribution in [-0.2, 0) is 0 Å². The van der Waals surface area contributed by atoms with Gasteiger partial charge in [-0.3, -0.25) is 9.80 Å². The van der Waals surface area contributed by atoms with E-state index in [-0.39, 0.29) is 5.54 Å². The summed E-state index contributed by atoms with van der Waals surface area (Å²) in [6.45, 7) is 14.1. The standard InChI is InChI=1S/C19H30N2O/c1-6-10-18(4,5)21-12-9-17(13-21)8-7-11-19(22)14-20(15-19)16(2)3/h16-17,22H,8-9,12-15H2,1-5H3.